The van der Waals surface area contributed by atoms with Crippen LogP contribution >= 0.6 is 11.6 Å². The van der Waals surface area contributed by atoms with Gasteiger partial charge < -0.3 is 19.5 Å². The molecule has 1 N–H and O–H groups in total. The van der Waals surface area contributed by atoms with Crippen LogP contribution < -0.4 is 14.8 Å². The number of nitrogens with one attached hydrogen (secondary N) is 1. The second kappa shape index (κ2) is 10.1. The van der Waals surface area contributed by atoms with Crippen LogP contribution in [-0.4, -0.2) is 58.8 Å². The molecule has 0 atom stereocenters. The average Bonchev–Trinajstić information content (AvgIpc) is 2.77. The van der Waals surface area contributed by atoms with E-state index >= 15 is 0 Å². The number of esters is 1. The van der Waals surface area contributed by atoms with Crippen molar-refractivity contribution in [2.24, 2.45) is 0 Å². The van der Waals surface area contributed by atoms with Crippen molar-refractivity contribution >= 4 is 40.1 Å². The van der Waals surface area contributed by atoms with E-state index < -0.39 is 11.4 Å². The number of carbonyl (C=O) groups excluding carboxylic acids is 1. The Hall–Kier alpha value is -3.17. The third kappa shape index (κ3) is 5.79. The van der Waals surface area contributed by atoms with Crippen molar-refractivity contribution < 1.29 is 23.4 Å². The molecule has 2 heterocycles. The normalized spacial score (nSPS) is 17.9. The summed E-state index contributed by atoms with van der Waals surface area (Å²) >= 11 is 5.88. The molecule has 0 spiro atoms. The first-order chi connectivity index (χ1) is 17.2. The van der Waals surface area contributed by atoms with E-state index in [1.54, 1.807) is 12.3 Å². The van der Waals surface area contributed by atoms with E-state index in [9.17, 15) is 9.18 Å². The molecule has 1 aliphatic heterocycles. The molecule has 0 amide bonds. The molecule has 0 radical (unpaired) electrons. The highest BCUT2D eigenvalue weighted by Gasteiger charge is 2.32. The van der Waals surface area contributed by atoms with Crippen molar-refractivity contribution in [1.82, 2.24) is 14.9 Å². The van der Waals surface area contributed by atoms with Gasteiger partial charge in [-0.3, -0.25) is 9.69 Å². The second-order valence-electron chi connectivity index (χ2n) is 9.77. The van der Waals surface area contributed by atoms with Gasteiger partial charge in [0.05, 0.1) is 23.2 Å². The molecule has 0 unspecified atom stereocenters. The third-order valence-electron chi connectivity index (χ3n) is 6.18. The molecule has 36 heavy (non-hydrogen) atoms. The van der Waals surface area contributed by atoms with Gasteiger partial charge in [0.1, 0.15) is 18.0 Å². The van der Waals surface area contributed by atoms with Crippen LogP contribution in [-0.2, 0) is 9.53 Å². The quantitative estimate of drug-likeness (QED) is 0.415. The van der Waals surface area contributed by atoms with Crippen molar-refractivity contribution in [1.29, 1.82) is 0 Å². The molecule has 1 aliphatic carbocycles. The van der Waals surface area contributed by atoms with Gasteiger partial charge in [-0.2, -0.15) is 0 Å². The lowest BCUT2D eigenvalue weighted by Crippen LogP contribution is -2.51. The molecule has 0 bridgehead atoms. The van der Waals surface area contributed by atoms with E-state index in [1.807, 2.05) is 30.9 Å². The largest absolute Gasteiger partial charge is 0.488 e. The van der Waals surface area contributed by atoms with Crippen molar-refractivity contribution in [3.63, 3.8) is 0 Å². The molecular formula is C26H28ClFN4O4. The predicted octanol–water partition coefficient (Wildman–Crippen LogP) is 5.11. The molecule has 190 valence electrons. The van der Waals surface area contributed by atoms with Gasteiger partial charge in [0.15, 0.2) is 11.5 Å². The van der Waals surface area contributed by atoms with Crippen LogP contribution in [0, 0.1) is 5.82 Å². The first-order valence-corrected chi connectivity index (χ1v) is 12.4. The number of anilines is 2. The minimum atomic E-state index is -0.522. The van der Waals surface area contributed by atoms with Gasteiger partial charge in [-0.1, -0.05) is 11.6 Å². The van der Waals surface area contributed by atoms with Crippen LogP contribution in [0.5, 0.6) is 11.5 Å². The molecule has 2 aliphatic rings. The number of hydrogen-bond acceptors (Lipinski definition) is 8. The molecule has 2 aromatic carbocycles. The van der Waals surface area contributed by atoms with E-state index in [0.29, 0.717) is 48.3 Å². The monoisotopic (exact) mass is 514 g/mol. The van der Waals surface area contributed by atoms with E-state index in [2.05, 4.69) is 15.3 Å². The Morgan fingerprint density at radius 1 is 1.25 bits per heavy atom. The lowest BCUT2D eigenvalue weighted by molar-refractivity contribution is -0.169. The van der Waals surface area contributed by atoms with Gasteiger partial charge in [-0.25, -0.2) is 14.4 Å². The van der Waals surface area contributed by atoms with Crippen LogP contribution in [0.3, 0.4) is 0 Å². The number of ether oxygens (including phenoxy) is 3. The molecule has 3 aromatic rings. The van der Waals surface area contributed by atoms with Crippen LogP contribution in [0.15, 0.2) is 36.5 Å². The summed E-state index contributed by atoms with van der Waals surface area (Å²) in [5.41, 5.74) is 0.718. The van der Waals surface area contributed by atoms with Gasteiger partial charge in [0, 0.05) is 36.4 Å². The fourth-order valence-corrected chi connectivity index (χ4v) is 4.45. The van der Waals surface area contributed by atoms with Crippen molar-refractivity contribution in [2.45, 2.75) is 44.8 Å². The van der Waals surface area contributed by atoms with E-state index in [1.165, 1.54) is 12.1 Å². The number of morpholine rings is 1. The number of hydrogen-bond donors (Lipinski definition) is 1. The van der Waals surface area contributed by atoms with Crippen LogP contribution in [0.25, 0.3) is 10.9 Å². The number of fused-ring (bicyclic) bond motifs is 1. The number of halogens is 2. The van der Waals surface area contributed by atoms with Crippen molar-refractivity contribution in [3.05, 3.63) is 47.4 Å². The molecule has 2 fully saturated rings. The number of benzene rings is 2. The smallest absolute Gasteiger partial charge is 0.320 e. The molecule has 5 rings (SSSR count). The Balaban J connectivity index is 1.34. The second-order valence-corrected chi connectivity index (χ2v) is 10.2. The SMILES string of the molecule is CC1(C)CN(CCOc2cc3nc(Nc4ccc(F)c(Cl)c4)ncc3cc2OC2CCC2)CC(=O)O1. The van der Waals surface area contributed by atoms with Gasteiger partial charge in [-0.15, -0.1) is 0 Å². The lowest BCUT2D eigenvalue weighted by atomic mass is 9.96. The summed E-state index contributed by atoms with van der Waals surface area (Å²) in [6.07, 6.45) is 5.06. The highest BCUT2D eigenvalue weighted by molar-refractivity contribution is 6.31. The summed E-state index contributed by atoms with van der Waals surface area (Å²) in [5.74, 6) is 0.860. The summed E-state index contributed by atoms with van der Waals surface area (Å²) in [5, 5.41) is 3.87. The van der Waals surface area contributed by atoms with Crippen LogP contribution in [0.4, 0.5) is 16.0 Å². The molecule has 1 aromatic heterocycles. The first-order valence-electron chi connectivity index (χ1n) is 12.0. The Morgan fingerprint density at radius 3 is 2.81 bits per heavy atom. The summed E-state index contributed by atoms with van der Waals surface area (Å²) in [6, 6.07) is 8.05. The van der Waals surface area contributed by atoms with Gasteiger partial charge in [0.2, 0.25) is 5.95 Å². The number of nitrogens with zero attached hydrogens (tertiary/aromatic N) is 3. The zero-order valence-corrected chi connectivity index (χ0v) is 21.0. The molecule has 1 saturated heterocycles. The summed E-state index contributed by atoms with van der Waals surface area (Å²) < 4.78 is 31.2. The van der Waals surface area contributed by atoms with E-state index in [0.717, 1.165) is 24.6 Å². The first kappa shape index (κ1) is 24.5. The highest BCUT2D eigenvalue weighted by atomic mass is 35.5. The van der Waals surface area contributed by atoms with E-state index in [-0.39, 0.29) is 23.6 Å². The zero-order valence-electron chi connectivity index (χ0n) is 20.2. The highest BCUT2D eigenvalue weighted by Crippen LogP contribution is 2.36. The number of rotatable bonds is 8. The number of carbonyl (C=O) groups is 1. The minimum absolute atomic E-state index is 0.0135. The maximum Gasteiger partial charge on any atom is 0.320 e. The summed E-state index contributed by atoms with van der Waals surface area (Å²) in [7, 11) is 0. The topological polar surface area (TPSA) is 85.8 Å². The van der Waals surface area contributed by atoms with Gasteiger partial charge in [-0.05, 0) is 57.4 Å². The molecule has 8 nitrogen and oxygen atoms in total. The van der Waals surface area contributed by atoms with Crippen LogP contribution in [0.1, 0.15) is 33.1 Å². The van der Waals surface area contributed by atoms with Gasteiger partial charge >= 0.3 is 5.97 Å². The average molecular weight is 515 g/mol. The third-order valence-corrected chi connectivity index (χ3v) is 6.47. The molecule has 10 heteroatoms. The number of cyclic esters (lactones) is 1. The summed E-state index contributed by atoms with van der Waals surface area (Å²) in [4.78, 5) is 22.9. The minimum Gasteiger partial charge on any atom is -0.488 e. The van der Waals surface area contributed by atoms with Crippen molar-refractivity contribution in [3.8, 4) is 11.5 Å². The van der Waals surface area contributed by atoms with Crippen LogP contribution in [0.2, 0.25) is 5.02 Å². The summed E-state index contributed by atoms with van der Waals surface area (Å²) in [6.45, 7) is 5.63. The predicted molar refractivity (Wildman–Crippen MR) is 135 cm³/mol. The fraction of sp³-hybridized carbons (Fsp3) is 0.423. The van der Waals surface area contributed by atoms with E-state index in [4.69, 9.17) is 25.8 Å². The van der Waals surface area contributed by atoms with Gasteiger partial charge in [0.25, 0.3) is 0 Å². The Bertz CT molecular complexity index is 1280. The Morgan fingerprint density at radius 2 is 2.08 bits per heavy atom. The zero-order chi connectivity index (χ0) is 25.3. The fourth-order valence-electron chi connectivity index (χ4n) is 4.27. The molecular weight excluding hydrogens is 487 g/mol. The lowest BCUT2D eigenvalue weighted by Gasteiger charge is -2.37. The standard InChI is InChI=1S/C26H28ClFN4O4/c1-26(2)15-32(14-24(33)36-26)8-9-34-22-12-21-16(10-23(22)35-18-4-3-5-18)13-29-25(31-21)30-17-6-7-20(28)19(27)11-17/h6-7,10-13,18H,3-5,8-9,14-15H2,1-2H3,(H,29,30,31). The van der Waals surface area contributed by atoms with Crippen molar-refractivity contribution in [2.75, 3.05) is 31.6 Å². The Labute approximate surface area is 213 Å². The Kier molecular flexibility index (Phi) is 6.85. The number of aromatic nitrogens is 2. The maximum atomic E-state index is 13.5. The maximum absolute atomic E-state index is 13.5. The molecule has 1 saturated carbocycles.